The lowest BCUT2D eigenvalue weighted by atomic mass is 10.2. The molecular formula is C24H33O6P. The highest BCUT2D eigenvalue weighted by molar-refractivity contribution is 7.53. The highest BCUT2D eigenvalue weighted by Crippen LogP contribution is 2.54. The molecule has 0 saturated carbocycles. The van der Waals surface area contributed by atoms with Gasteiger partial charge in [0.05, 0.1) is 24.0 Å². The molecule has 0 unspecified atom stereocenters. The molecule has 0 aliphatic heterocycles. The van der Waals surface area contributed by atoms with Crippen molar-refractivity contribution in [1.82, 2.24) is 0 Å². The average Bonchev–Trinajstić information content (AvgIpc) is 2.64. The van der Waals surface area contributed by atoms with E-state index in [1.807, 2.05) is 71.9 Å². The van der Waals surface area contributed by atoms with Crippen molar-refractivity contribution < 1.29 is 27.9 Å². The van der Waals surface area contributed by atoms with Crippen LogP contribution in [0.25, 0.3) is 0 Å². The Kier molecular flexibility index (Phi) is 8.47. The molecule has 0 heterocycles. The standard InChI is InChI=1S/C24H33O6P/c1-23(2,3)29-31(26,30-24(4,5)6)15-14-27-22-16-20(17-25)12-13-21(22)28-18-19-10-8-7-9-11-19/h7-13,16-17H,14-15,18H2,1-6H3. The van der Waals surface area contributed by atoms with Gasteiger partial charge >= 0.3 is 7.60 Å². The van der Waals surface area contributed by atoms with Gasteiger partial charge in [0.15, 0.2) is 11.5 Å². The maximum absolute atomic E-state index is 13.3. The second-order valence-corrected chi connectivity index (χ2v) is 11.2. The molecule has 0 saturated heterocycles. The molecule has 0 bridgehead atoms. The normalized spacial score (nSPS) is 12.5. The molecule has 7 heteroatoms. The van der Waals surface area contributed by atoms with E-state index >= 15 is 0 Å². The highest BCUT2D eigenvalue weighted by Gasteiger charge is 2.35. The van der Waals surface area contributed by atoms with Gasteiger partial charge in [-0.25, -0.2) is 0 Å². The molecule has 0 aromatic heterocycles. The predicted molar refractivity (Wildman–Crippen MR) is 122 cm³/mol. The maximum Gasteiger partial charge on any atom is 0.335 e. The van der Waals surface area contributed by atoms with Gasteiger partial charge in [0.2, 0.25) is 0 Å². The van der Waals surface area contributed by atoms with Gasteiger partial charge in [-0.2, -0.15) is 0 Å². The quantitative estimate of drug-likeness (QED) is 0.315. The van der Waals surface area contributed by atoms with E-state index in [-0.39, 0.29) is 12.8 Å². The first-order valence-corrected chi connectivity index (χ1v) is 12.0. The summed E-state index contributed by atoms with van der Waals surface area (Å²) in [5.41, 5.74) is 0.196. The van der Waals surface area contributed by atoms with Crippen LogP contribution >= 0.6 is 7.60 Å². The molecule has 0 atom stereocenters. The van der Waals surface area contributed by atoms with Gasteiger partial charge in [0, 0.05) is 5.56 Å². The molecule has 0 spiro atoms. The van der Waals surface area contributed by atoms with Crippen LogP contribution in [-0.4, -0.2) is 30.3 Å². The third-order valence-corrected chi connectivity index (χ3v) is 6.17. The van der Waals surface area contributed by atoms with Crippen LogP contribution in [0.3, 0.4) is 0 Å². The lowest BCUT2D eigenvalue weighted by Gasteiger charge is -2.32. The van der Waals surface area contributed by atoms with E-state index < -0.39 is 18.8 Å². The summed E-state index contributed by atoms with van der Waals surface area (Å²) in [7, 11) is -3.43. The second-order valence-electron chi connectivity index (χ2n) is 9.19. The van der Waals surface area contributed by atoms with E-state index in [4.69, 9.17) is 18.5 Å². The topological polar surface area (TPSA) is 71.1 Å². The van der Waals surface area contributed by atoms with Crippen molar-refractivity contribution >= 4 is 13.9 Å². The van der Waals surface area contributed by atoms with Crippen LogP contribution in [0.5, 0.6) is 11.5 Å². The van der Waals surface area contributed by atoms with E-state index in [0.29, 0.717) is 23.7 Å². The van der Waals surface area contributed by atoms with Crippen LogP contribution in [0.15, 0.2) is 48.5 Å². The molecule has 0 aliphatic carbocycles. The SMILES string of the molecule is CC(C)(C)OP(=O)(CCOc1cc(C=O)ccc1OCc1ccccc1)OC(C)(C)C. The molecule has 2 aromatic carbocycles. The smallest absolute Gasteiger partial charge is 0.335 e. The molecule has 0 amide bonds. The van der Waals surface area contributed by atoms with Crippen molar-refractivity contribution in [3.63, 3.8) is 0 Å². The number of rotatable bonds is 10. The first kappa shape index (κ1) is 25.1. The maximum atomic E-state index is 13.3. The van der Waals surface area contributed by atoms with Crippen molar-refractivity contribution in [2.24, 2.45) is 0 Å². The zero-order chi connectivity index (χ0) is 23.1. The van der Waals surface area contributed by atoms with E-state index in [2.05, 4.69) is 0 Å². The Balaban J connectivity index is 2.12. The predicted octanol–water partition coefficient (Wildman–Crippen LogP) is 6.28. The molecule has 0 radical (unpaired) electrons. The largest absolute Gasteiger partial charge is 0.489 e. The van der Waals surface area contributed by atoms with E-state index in [9.17, 15) is 9.36 Å². The third kappa shape index (κ3) is 9.26. The molecular weight excluding hydrogens is 415 g/mol. The van der Waals surface area contributed by atoms with Crippen molar-refractivity contribution in [2.75, 3.05) is 12.8 Å². The highest BCUT2D eigenvalue weighted by atomic mass is 31.2. The Morgan fingerprint density at radius 3 is 2.00 bits per heavy atom. The summed E-state index contributed by atoms with van der Waals surface area (Å²) in [5, 5.41) is 0. The van der Waals surface area contributed by atoms with Crippen molar-refractivity contribution in [3.05, 3.63) is 59.7 Å². The van der Waals surface area contributed by atoms with Gasteiger partial charge < -0.3 is 18.5 Å². The molecule has 2 aromatic rings. The second kappa shape index (κ2) is 10.4. The summed E-state index contributed by atoms with van der Waals surface area (Å²) >= 11 is 0. The lowest BCUT2D eigenvalue weighted by Crippen LogP contribution is -2.26. The first-order valence-electron chi connectivity index (χ1n) is 10.3. The molecule has 0 aliphatic rings. The van der Waals surface area contributed by atoms with Gasteiger partial charge in [-0.05, 0) is 65.3 Å². The number of carbonyl (C=O) groups is 1. The Morgan fingerprint density at radius 1 is 0.839 bits per heavy atom. The van der Waals surface area contributed by atoms with Crippen molar-refractivity contribution in [2.45, 2.75) is 59.4 Å². The van der Waals surface area contributed by atoms with E-state index in [1.165, 1.54) is 0 Å². The third-order valence-electron chi connectivity index (χ3n) is 3.79. The summed E-state index contributed by atoms with van der Waals surface area (Å²) in [5.74, 6) is 0.899. The summed E-state index contributed by atoms with van der Waals surface area (Å²) in [6, 6.07) is 14.7. The van der Waals surface area contributed by atoms with Crippen LogP contribution in [-0.2, 0) is 20.2 Å². The van der Waals surface area contributed by atoms with E-state index in [0.717, 1.165) is 11.8 Å². The summed E-state index contributed by atoms with van der Waals surface area (Å²) in [6.45, 7) is 11.4. The fourth-order valence-corrected chi connectivity index (χ4v) is 4.98. The Hall–Kier alpha value is -2.14. The molecule has 170 valence electrons. The molecule has 0 N–H and O–H groups in total. The Labute approximate surface area is 185 Å². The number of hydrogen-bond acceptors (Lipinski definition) is 6. The van der Waals surface area contributed by atoms with Crippen LogP contribution in [0.1, 0.15) is 57.5 Å². The van der Waals surface area contributed by atoms with Crippen LogP contribution in [0, 0.1) is 0 Å². The minimum Gasteiger partial charge on any atom is -0.489 e. The number of benzene rings is 2. The Morgan fingerprint density at radius 2 is 1.45 bits per heavy atom. The van der Waals surface area contributed by atoms with Crippen LogP contribution in [0.2, 0.25) is 0 Å². The van der Waals surface area contributed by atoms with Crippen LogP contribution < -0.4 is 9.47 Å². The fourth-order valence-electron chi connectivity index (χ4n) is 2.78. The summed E-state index contributed by atoms with van der Waals surface area (Å²) in [4.78, 5) is 11.2. The van der Waals surface area contributed by atoms with Crippen molar-refractivity contribution in [1.29, 1.82) is 0 Å². The summed E-state index contributed by atoms with van der Waals surface area (Å²) in [6.07, 6.45) is 0.801. The Bertz CT molecular complexity index is 877. The number of ether oxygens (including phenoxy) is 2. The van der Waals surface area contributed by atoms with Gasteiger partial charge in [-0.1, -0.05) is 30.3 Å². The first-order chi connectivity index (χ1) is 14.4. The van der Waals surface area contributed by atoms with Gasteiger partial charge in [-0.15, -0.1) is 0 Å². The minimum absolute atomic E-state index is 0.0605. The fraction of sp³-hybridized carbons (Fsp3) is 0.458. The van der Waals surface area contributed by atoms with E-state index in [1.54, 1.807) is 18.2 Å². The minimum atomic E-state index is -3.43. The summed E-state index contributed by atoms with van der Waals surface area (Å²) < 4.78 is 36.7. The number of hydrogen-bond donors (Lipinski definition) is 0. The van der Waals surface area contributed by atoms with Gasteiger partial charge in [0.1, 0.15) is 12.9 Å². The molecule has 31 heavy (non-hydrogen) atoms. The molecule has 0 fully saturated rings. The number of carbonyl (C=O) groups excluding carboxylic acids is 1. The average molecular weight is 448 g/mol. The lowest BCUT2D eigenvalue weighted by molar-refractivity contribution is 0.0480. The number of aldehydes is 1. The monoisotopic (exact) mass is 448 g/mol. The molecule has 2 rings (SSSR count). The van der Waals surface area contributed by atoms with Gasteiger partial charge in [-0.3, -0.25) is 9.36 Å². The van der Waals surface area contributed by atoms with Crippen molar-refractivity contribution in [3.8, 4) is 11.5 Å². The van der Waals surface area contributed by atoms with Gasteiger partial charge in [0.25, 0.3) is 0 Å². The zero-order valence-corrected chi connectivity index (χ0v) is 20.1. The molecule has 6 nitrogen and oxygen atoms in total. The zero-order valence-electron chi connectivity index (χ0n) is 19.2. The van der Waals surface area contributed by atoms with Crippen LogP contribution in [0.4, 0.5) is 0 Å².